The van der Waals surface area contributed by atoms with Crippen molar-refractivity contribution in [3.8, 4) is 0 Å². The fourth-order valence-electron chi connectivity index (χ4n) is 6.00. The summed E-state index contributed by atoms with van der Waals surface area (Å²) in [6.07, 6.45) is 11.7. The molecule has 0 atom stereocenters. The van der Waals surface area contributed by atoms with E-state index in [9.17, 15) is 39.4 Å². The van der Waals surface area contributed by atoms with E-state index < -0.39 is 9.85 Å². The van der Waals surface area contributed by atoms with Gasteiger partial charge in [-0.15, -0.1) is 0 Å². The minimum absolute atomic E-state index is 0.158. The Balaban J connectivity index is 1.06. The van der Waals surface area contributed by atoms with Gasteiger partial charge in [0.15, 0.2) is 0 Å². The molecule has 2 aromatic carbocycles. The topological polar surface area (TPSA) is 193 Å². The number of carbonyl (C=O) groups is 4. The van der Waals surface area contributed by atoms with Crippen molar-refractivity contribution in [3.63, 3.8) is 0 Å². The van der Waals surface area contributed by atoms with E-state index in [1.807, 2.05) is 0 Å². The molecule has 0 spiro atoms. The Morgan fingerprint density at radius 2 is 0.964 bits per heavy atom. The van der Waals surface area contributed by atoms with Crippen molar-refractivity contribution in [2.24, 2.45) is 0 Å². The van der Waals surface area contributed by atoms with Crippen LogP contribution < -0.4 is 0 Å². The van der Waals surface area contributed by atoms with Crippen molar-refractivity contribution in [2.75, 3.05) is 52.4 Å². The number of hydrogen-bond donors (Lipinski definition) is 0. The van der Waals surface area contributed by atoms with Gasteiger partial charge in [0, 0.05) is 101 Å². The van der Waals surface area contributed by atoms with Crippen LogP contribution in [0.15, 0.2) is 107 Å². The largest absolute Gasteiger partial charge is 0.336 e. The quantitative estimate of drug-likeness (QED) is 0.126. The van der Waals surface area contributed by atoms with Crippen molar-refractivity contribution < 1.29 is 29.0 Å². The molecule has 0 N–H and O–H groups in total. The monoisotopic (exact) mass is 762 g/mol. The molecule has 6 rings (SSSR count). The lowest BCUT2D eigenvalue weighted by Crippen LogP contribution is -2.50. The normalized spacial score (nSPS) is 14.7. The van der Waals surface area contributed by atoms with Crippen LogP contribution in [0.25, 0.3) is 12.2 Å². The lowest BCUT2D eigenvalue weighted by molar-refractivity contribution is -0.388. The number of piperazine rings is 2. The Hall–Kier alpha value is -6.75. The first kappa shape index (κ1) is 38.0. The molecule has 17 heteroatoms. The Morgan fingerprint density at radius 1 is 0.582 bits per heavy atom. The number of aromatic nitrogens is 2. The molecule has 4 aromatic rings. The summed E-state index contributed by atoms with van der Waals surface area (Å²) in [5.74, 6) is -0.940. The van der Waals surface area contributed by atoms with Crippen LogP contribution >= 0.6 is 11.8 Å². The number of hydrogen-bond acceptors (Lipinski definition) is 11. The zero-order valence-corrected chi connectivity index (χ0v) is 30.1. The predicted octanol–water partition coefficient (Wildman–Crippen LogP) is 4.44. The highest BCUT2D eigenvalue weighted by Gasteiger charge is 2.26. The fourth-order valence-corrected chi connectivity index (χ4v) is 6.99. The fraction of sp³-hybridized carbons (Fsp3) is 0.211. The summed E-state index contributed by atoms with van der Waals surface area (Å²) in [4.78, 5) is 88.9. The van der Waals surface area contributed by atoms with Gasteiger partial charge < -0.3 is 19.6 Å². The van der Waals surface area contributed by atoms with E-state index in [1.54, 1.807) is 68.4 Å². The van der Waals surface area contributed by atoms with Crippen LogP contribution in [0.4, 0.5) is 11.4 Å². The first-order valence-corrected chi connectivity index (χ1v) is 18.0. The third kappa shape index (κ3) is 9.44. The van der Waals surface area contributed by atoms with E-state index in [4.69, 9.17) is 0 Å². The molecule has 0 saturated carbocycles. The van der Waals surface area contributed by atoms with Gasteiger partial charge in [-0.1, -0.05) is 23.9 Å². The second-order valence-electron chi connectivity index (χ2n) is 12.5. The Morgan fingerprint density at radius 3 is 1.31 bits per heavy atom. The summed E-state index contributed by atoms with van der Waals surface area (Å²) in [7, 11) is 0. The highest BCUT2D eigenvalue weighted by molar-refractivity contribution is 7.99. The molecular formula is C38H34N8O8S. The van der Waals surface area contributed by atoms with Crippen LogP contribution in [0.5, 0.6) is 0 Å². The van der Waals surface area contributed by atoms with E-state index in [-0.39, 0.29) is 44.8 Å². The van der Waals surface area contributed by atoms with Gasteiger partial charge in [-0.05, 0) is 59.7 Å². The van der Waals surface area contributed by atoms with Crippen LogP contribution in [0, 0.1) is 20.2 Å². The number of carbonyl (C=O) groups excluding carboxylic acids is 4. The standard InChI is InChI=1S/C38H34N8O8S/c47-35(41-15-19-43(20-16-41)37(49)29-3-1-13-39-25-29)11-7-27-5-9-33(31(23-27)45(51)52)55-34-10-6-28(24-32(34)46(53)54)8-12-36(48)42-17-21-44(22-18-42)38(50)30-4-2-14-40-26-30/h1-14,23-26H,15-22H2/b11-7+,12-8+. The second-order valence-corrected chi connectivity index (χ2v) is 13.5. The highest BCUT2D eigenvalue weighted by atomic mass is 32.2. The van der Waals surface area contributed by atoms with Crippen molar-refractivity contribution >= 4 is 58.9 Å². The average Bonchev–Trinajstić information content (AvgIpc) is 3.22. The van der Waals surface area contributed by atoms with Crippen LogP contribution in [-0.4, -0.2) is 115 Å². The maximum absolute atomic E-state index is 12.9. The number of nitrogens with zero attached hydrogens (tertiary/aromatic N) is 8. The molecule has 16 nitrogen and oxygen atoms in total. The Kier molecular flexibility index (Phi) is 12.0. The van der Waals surface area contributed by atoms with Gasteiger partial charge in [-0.2, -0.15) is 0 Å². The molecule has 0 bridgehead atoms. The molecule has 2 aromatic heterocycles. The van der Waals surface area contributed by atoms with Crippen molar-refractivity contribution in [1.29, 1.82) is 0 Å². The van der Waals surface area contributed by atoms with E-state index in [2.05, 4.69) is 9.97 Å². The van der Waals surface area contributed by atoms with Gasteiger partial charge in [-0.3, -0.25) is 49.4 Å². The van der Waals surface area contributed by atoms with Gasteiger partial charge in [-0.25, -0.2) is 0 Å². The lowest BCUT2D eigenvalue weighted by Gasteiger charge is -2.34. The molecule has 2 fully saturated rings. The summed E-state index contributed by atoms with van der Waals surface area (Å²) in [6.45, 7) is 2.69. The zero-order valence-electron chi connectivity index (χ0n) is 29.3. The van der Waals surface area contributed by atoms with Gasteiger partial charge in [0.25, 0.3) is 23.2 Å². The van der Waals surface area contributed by atoms with Crippen LogP contribution in [0.1, 0.15) is 31.8 Å². The molecule has 2 aliphatic heterocycles. The van der Waals surface area contributed by atoms with E-state index in [1.165, 1.54) is 61.0 Å². The summed E-state index contributed by atoms with van der Waals surface area (Å²) >= 11 is 0.857. The van der Waals surface area contributed by atoms with Gasteiger partial charge in [0.2, 0.25) is 11.8 Å². The summed E-state index contributed by atoms with van der Waals surface area (Å²) in [5, 5.41) is 24.1. The molecule has 0 aliphatic carbocycles. The SMILES string of the molecule is O=C(/C=C/c1ccc(Sc2ccc(/C=C/C(=O)N3CCN(C(=O)c4cccnc4)CC3)cc2[N+](=O)[O-])c([N+](=O)[O-])c1)N1CCN(C(=O)c2cccnc2)CC1. The average molecular weight is 763 g/mol. The first-order chi connectivity index (χ1) is 26.6. The minimum Gasteiger partial charge on any atom is -0.336 e. The number of pyridine rings is 2. The zero-order chi connectivity index (χ0) is 38.9. The molecule has 55 heavy (non-hydrogen) atoms. The van der Waals surface area contributed by atoms with Crippen molar-refractivity contribution in [2.45, 2.75) is 9.79 Å². The smallest absolute Gasteiger partial charge is 0.283 e. The molecular weight excluding hydrogens is 729 g/mol. The van der Waals surface area contributed by atoms with Gasteiger partial charge in [0.1, 0.15) is 0 Å². The molecule has 4 amide bonds. The Bertz CT molecular complexity index is 2010. The third-order valence-corrected chi connectivity index (χ3v) is 10.1. The van der Waals surface area contributed by atoms with Gasteiger partial charge in [0.05, 0.1) is 30.8 Å². The molecule has 2 saturated heterocycles. The molecule has 2 aliphatic rings. The Labute approximate surface area is 319 Å². The number of amides is 4. The van der Waals surface area contributed by atoms with E-state index >= 15 is 0 Å². The van der Waals surface area contributed by atoms with E-state index in [0.29, 0.717) is 74.6 Å². The maximum Gasteiger partial charge on any atom is 0.283 e. The predicted molar refractivity (Wildman–Crippen MR) is 202 cm³/mol. The maximum atomic E-state index is 12.9. The molecule has 4 heterocycles. The molecule has 280 valence electrons. The summed E-state index contributed by atoms with van der Waals surface area (Å²) in [5.41, 5.74) is 1.12. The summed E-state index contributed by atoms with van der Waals surface area (Å²) < 4.78 is 0. The first-order valence-electron chi connectivity index (χ1n) is 17.1. The second kappa shape index (κ2) is 17.4. The number of nitro benzene ring substituents is 2. The minimum atomic E-state index is -0.594. The highest BCUT2D eigenvalue weighted by Crippen LogP contribution is 2.40. The van der Waals surface area contributed by atoms with Gasteiger partial charge >= 0.3 is 0 Å². The van der Waals surface area contributed by atoms with Crippen molar-refractivity contribution in [3.05, 3.63) is 140 Å². The third-order valence-electron chi connectivity index (χ3n) is 8.99. The van der Waals surface area contributed by atoms with Crippen LogP contribution in [0.3, 0.4) is 0 Å². The summed E-state index contributed by atoms with van der Waals surface area (Å²) in [6, 6.07) is 15.4. The number of rotatable bonds is 10. The number of nitro groups is 2. The lowest BCUT2D eigenvalue weighted by atomic mass is 10.1. The van der Waals surface area contributed by atoms with Crippen LogP contribution in [-0.2, 0) is 9.59 Å². The van der Waals surface area contributed by atoms with Crippen LogP contribution in [0.2, 0.25) is 0 Å². The van der Waals surface area contributed by atoms with E-state index in [0.717, 1.165) is 11.8 Å². The number of benzene rings is 2. The van der Waals surface area contributed by atoms with Crippen molar-refractivity contribution in [1.82, 2.24) is 29.6 Å². The molecule has 0 radical (unpaired) electrons. The molecule has 0 unspecified atom stereocenters.